The smallest absolute Gasteiger partial charge is 0.319 e. The quantitative estimate of drug-likeness (QED) is 0.414. The molecule has 2 aromatic carbocycles. The Balaban J connectivity index is 1.52. The largest absolute Gasteiger partial charge is 0.377 e. The number of hydrogen-bond acceptors (Lipinski definition) is 7. The summed E-state index contributed by atoms with van der Waals surface area (Å²) in [6.45, 7) is 6.86. The van der Waals surface area contributed by atoms with E-state index in [0.29, 0.717) is 48.3 Å². The van der Waals surface area contributed by atoms with E-state index in [2.05, 4.69) is 15.5 Å². The van der Waals surface area contributed by atoms with Gasteiger partial charge >= 0.3 is 6.03 Å². The zero-order valence-corrected chi connectivity index (χ0v) is 23.0. The van der Waals surface area contributed by atoms with Gasteiger partial charge in [-0.3, -0.25) is 0 Å². The highest BCUT2D eigenvalue weighted by Crippen LogP contribution is 2.37. The number of morpholine rings is 1. The van der Waals surface area contributed by atoms with Gasteiger partial charge in [0.1, 0.15) is 16.4 Å². The summed E-state index contributed by atoms with van der Waals surface area (Å²) in [5.74, 6) is 0.444. The minimum Gasteiger partial charge on any atom is -0.377 e. The first-order valence-corrected chi connectivity index (χ1v) is 14.4. The molecule has 0 radical (unpaired) electrons. The molecule has 2 heterocycles. The van der Waals surface area contributed by atoms with E-state index in [1.807, 2.05) is 6.92 Å². The first-order chi connectivity index (χ1) is 18.5. The standard InChI is InChI=1S/C28H32FN5O4S/c1-18-17-38-15-14-34(18)25-16-24(28(2,3)39(36,37)23-12-6-20(29)7-13-23)32-26(33-25)19-4-8-21(9-5-19)30-27(35)31-22-10-11-22/h4-9,12-13,16,18,22H,10-11,14-15,17H2,1-3H3,(H2,30,31,35)/t18-/m0/s1. The second kappa shape index (κ2) is 10.5. The molecular weight excluding hydrogens is 521 g/mol. The molecule has 5 rings (SSSR count). The number of nitrogens with zero attached hydrogens (tertiary/aromatic N) is 3. The van der Waals surface area contributed by atoms with E-state index < -0.39 is 20.4 Å². The second-order valence-corrected chi connectivity index (χ2v) is 13.0. The Hall–Kier alpha value is -3.57. The van der Waals surface area contributed by atoms with Crippen molar-refractivity contribution in [2.75, 3.05) is 30.0 Å². The van der Waals surface area contributed by atoms with E-state index in [1.54, 1.807) is 44.2 Å². The third-order valence-corrected chi connectivity index (χ3v) is 9.55. The Morgan fingerprint density at radius 2 is 1.77 bits per heavy atom. The molecule has 1 aromatic heterocycles. The minimum atomic E-state index is -3.95. The molecule has 39 heavy (non-hydrogen) atoms. The molecule has 0 unspecified atom stereocenters. The lowest BCUT2D eigenvalue weighted by molar-refractivity contribution is 0.0985. The Morgan fingerprint density at radius 1 is 1.08 bits per heavy atom. The molecular formula is C28H32FN5O4S. The van der Waals surface area contributed by atoms with Crippen LogP contribution < -0.4 is 15.5 Å². The molecule has 1 aliphatic heterocycles. The molecule has 1 saturated heterocycles. The van der Waals surface area contributed by atoms with E-state index in [-0.39, 0.29) is 23.0 Å². The number of nitrogens with one attached hydrogen (secondary N) is 2. The average molecular weight is 554 g/mol. The molecule has 2 fully saturated rings. The Labute approximate surface area is 227 Å². The van der Waals surface area contributed by atoms with Gasteiger partial charge in [0.05, 0.1) is 29.8 Å². The van der Waals surface area contributed by atoms with Crippen LogP contribution in [-0.4, -0.2) is 56.3 Å². The van der Waals surface area contributed by atoms with Crippen molar-refractivity contribution in [3.8, 4) is 11.4 Å². The van der Waals surface area contributed by atoms with Crippen LogP contribution in [0.3, 0.4) is 0 Å². The summed E-state index contributed by atoms with van der Waals surface area (Å²) in [7, 11) is -3.95. The van der Waals surface area contributed by atoms with Gasteiger partial charge in [0.2, 0.25) is 0 Å². The molecule has 11 heteroatoms. The minimum absolute atomic E-state index is 0.00949. The lowest BCUT2D eigenvalue weighted by Crippen LogP contribution is -2.44. The van der Waals surface area contributed by atoms with Gasteiger partial charge in [0.25, 0.3) is 0 Å². The van der Waals surface area contributed by atoms with Gasteiger partial charge in [-0.25, -0.2) is 27.6 Å². The van der Waals surface area contributed by atoms with Crippen LogP contribution in [0, 0.1) is 5.82 Å². The molecule has 2 aliphatic rings. The number of anilines is 2. The van der Waals surface area contributed by atoms with Crippen LogP contribution in [0.15, 0.2) is 59.5 Å². The summed E-state index contributed by atoms with van der Waals surface area (Å²) in [5.41, 5.74) is 1.60. The monoisotopic (exact) mass is 553 g/mol. The maximum Gasteiger partial charge on any atom is 0.319 e. The number of rotatable bonds is 7. The molecule has 2 N–H and O–H groups in total. The lowest BCUT2D eigenvalue weighted by Gasteiger charge is -2.35. The zero-order valence-electron chi connectivity index (χ0n) is 22.1. The van der Waals surface area contributed by atoms with Crippen molar-refractivity contribution in [3.05, 3.63) is 66.1 Å². The number of aromatic nitrogens is 2. The van der Waals surface area contributed by atoms with Gasteiger partial charge in [-0.15, -0.1) is 0 Å². The molecule has 0 bridgehead atoms. The third kappa shape index (κ3) is 5.74. The zero-order chi connectivity index (χ0) is 27.8. The number of benzene rings is 2. The van der Waals surface area contributed by atoms with Gasteiger partial charge in [-0.1, -0.05) is 0 Å². The van der Waals surface area contributed by atoms with E-state index in [4.69, 9.17) is 14.7 Å². The third-order valence-electron chi connectivity index (χ3n) is 7.10. The fourth-order valence-electron chi connectivity index (χ4n) is 4.42. The number of carbonyl (C=O) groups excluding carboxylic acids is 1. The highest BCUT2D eigenvalue weighted by Gasteiger charge is 2.40. The summed E-state index contributed by atoms with van der Waals surface area (Å²) in [4.78, 5) is 23.7. The van der Waals surface area contributed by atoms with Crippen LogP contribution >= 0.6 is 0 Å². The second-order valence-electron chi connectivity index (χ2n) is 10.5. The maximum atomic E-state index is 13.7. The van der Waals surface area contributed by atoms with E-state index in [9.17, 15) is 17.6 Å². The molecule has 1 atom stereocenters. The van der Waals surface area contributed by atoms with Crippen molar-refractivity contribution in [2.45, 2.75) is 55.3 Å². The van der Waals surface area contributed by atoms with Crippen molar-refractivity contribution in [1.82, 2.24) is 15.3 Å². The summed E-state index contributed by atoms with van der Waals surface area (Å²) >= 11 is 0. The van der Waals surface area contributed by atoms with Crippen molar-refractivity contribution in [1.29, 1.82) is 0 Å². The predicted octanol–water partition coefficient (Wildman–Crippen LogP) is 4.50. The SMILES string of the molecule is C[C@H]1COCCN1c1cc(C(C)(C)S(=O)(=O)c2ccc(F)cc2)nc(-c2ccc(NC(=O)NC3CC3)cc2)n1. The van der Waals surface area contributed by atoms with Gasteiger partial charge in [0, 0.05) is 29.9 Å². The van der Waals surface area contributed by atoms with Crippen molar-refractivity contribution >= 4 is 27.4 Å². The van der Waals surface area contributed by atoms with Crippen LogP contribution in [0.4, 0.5) is 20.7 Å². The molecule has 1 saturated carbocycles. The number of halogens is 1. The molecule has 2 amide bonds. The first kappa shape index (κ1) is 27.0. The summed E-state index contributed by atoms with van der Waals surface area (Å²) in [5, 5.41) is 5.70. The predicted molar refractivity (Wildman–Crippen MR) is 147 cm³/mol. The fraction of sp³-hybridized carbons (Fsp3) is 0.393. The Morgan fingerprint density at radius 3 is 2.41 bits per heavy atom. The average Bonchev–Trinajstić information content (AvgIpc) is 3.73. The number of carbonyl (C=O) groups is 1. The van der Waals surface area contributed by atoms with E-state index >= 15 is 0 Å². The normalized spacial score (nSPS) is 18.1. The summed E-state index contributed by atoms with van der Waals surface area (Å²) in [6, 6.07) is 13.6. The first-order valence-electron chi connectivity index (χ1n) is 13.0. The van der Waals surface area contributed by atoms with E-state index in [0.717, 1.165) is 25.0 Å². The number of ether oxygens (including phenoxy) is 1. The van der Waals surface area contributed by atoms with Crippen molar-refractivity contribution in [2.24, 2.45) is 0 Å². The van der Waals surface area contributed by atoms with Crippen LogP contribution in [-0.2, 0) is 19.3 Å². The van der Waals surface area contributed by atoms with Crippen molar-refractivity contribution < 1.29 is 22.3 Å². The highest BCUT2D eigenvalue weighted by molar-refractivity contribution is 7.92. The number of amides is 2. The highest BCUT2D eigenvalue weighted by atomic mass is 32.2. The Kier molecular flexibility index (Phi) is 7.30. The van der Waals surface area contributed by atoms with Gasteiger partial charge in [-0.05, 0) is 82.1 Å². The van der Waals surface area contributed by atoms with Gasteiger partial charge in [0.15, 0.2) is 15.7 Å². The van der Waals surface area contributed by atoms with Crippen molar-refractivity contribution in [3.63, 3.8) is 0 Å². The molecule has 1 aliphatic carbocycles. The van der Waals surface area contributed by atoms with Crippen LogP contribution in [0.5, 0.6) is 0 Å². The van der Waals surface area contributed by atoms with E-state index in [1.165, 1.54) is 12.1 Å². The topological polar surface area (TPSA) is 114 Å². The van der Waals surface area contributed by atoms with Gasteiger partial charge in [-0.2, -0.15) is 0 Å². The molecule has 9 nitrogen and oxygen atoms in total. The molecule has 0 spiro atoms. The maximum absolute atomic E-state index is 13.7. The van der Waals surface area contributed by atoms with Gasteiger partial charge < -0.3 is 20.3 Å². The Bertz CT molecular complexity index is 1460. The van der Waals surface area contributed by atoms with Crippen LogP contribution in [0.2, 0.25) is 0 Å². The molecule has 3 aromatic rings. The van der Waals surface area contributed by atoms with Crippen LogP contribution in [0.1, 0.15) is 39.3 Å². The number of urea groups is 1. The number of sulfone groups is 1. The summed E-state index contributed by atoms with van der Waals surface area (Å²) in [6.07, 6.45) is 1.99. The molecule has 206 valence electrons. The fourth-order valence-corrected chi connectivity index (χ4v) is 5.88. The summed E-state index contributed by atoms with van der Waals surface area (Å²) < 4.78 is 45.1. The van der Waals surface area contributed by atoms with Crippen LogP contribution in [0.25, 0.3) is 11.4 Å². The number of hydrogen-bond donors (Lipinski definition) is 2. The lowest BCUT2D eigenvalue weighted by atomic mass is 10.1.